The lowest BCUT2D eigenvalue weighted by molar-refractivity contribution is 0.0290. The topological polar surface area (TPSA) is 74.7 Å². The molecule has 1 heterocycles. The summed E-state index contributed by atoms with van der Waals surface area (Å²) in [7, 11) is 56.1. The van der Waals surface area contributed by atoms with E-state index in [-0.39, 0.29) is 11.5 Å². The molecule has 0 spiro atoms. The standard InChI is InChI=1S/C22H13B10N3O4/c1-2-12-4-3-5-13(6-12)35-18-14-7-16(36-9-19(23,24)38-21(27,28)29)17(8-15(14)33-11-34-18)37-10-20(25,26)39-22(30,31)32/h1,3-8,11H,9-10H2,(H,33,34,35). The summed E-state index contributed by atoms with van der Waals surface area (Å²) in [5.74, 6) is 3.14. The first-order valence-electron chi connectivity index (χ1n) is 11.1. The highest BCUT2D eigenvalue weighted by Gasteiger charge is 2.27. The third kappa shape index (κ3) is 9.77. The van der Waals surface area contributed by atoms with Gasteiger partial charge in [0.15, 0.2) is 11.5 Å². The molecule has 2 aromatic carbocycles. The molecule has 17 heteroatoms. The Morgan fingerprint density at radius 2 is 1.33 bits per heavy atom. The minimum absolute atomic E-state index is 0.0774. The molecule has 20 radical (unpaired) electrons. The molecule has 3 aromatic rings. The first-order valence-corrected chi connectivity index (χ1v) is 11.1. The monoisotopic (exact) mass is 493 g/mol. The van der Waals surface area contributed by atoms with E-state index in [0.717, 1.165) is 0 Å². The van der Waals surface area contributed by atoms with Gasteiger partial charge in [0.1, 0.15) is 56.7 Å². The number of nitrogens with zero attached hydrogens (tertiary/aromatic N) is 2. The minimum atomic E-state index is -2.14. The van der Waals surface area contributed by atoms with Crippen molar-refractivity contribution in [3.63, 3.8) is 0 Å². The van der Waals surface area contributed by atoms with Crippen molar-refractivity contribution in [1.82, 2.24) is 9.97 Å². The molecule has 3 rings (SSSR count). The largest absolute Gasteiger partial charge is 0.488 e. The minimum Gasteiger partial charge on any atom is -0.488 e. The quantitative estimate of drug-likeness (QED) is 0.241. The van der Waals surface area contributed by atoms with Crippen molar-refractivity contribution in [2.24, 2.45) is 0 Å². The lowest BCUT2D eigenvalue weighted by Gasteiger charge is -2.37. The summed E-state index contributed by atoms with van der Waals surface area (Å²) in [6, 6.07) is 10.2. The van der Waals surface area contributed by atoms with Gasteiger partial charge in [0, 0.05) is 33.5 Å². The van der Waals surface area contributed by atoms with Gasteiger partial charge in [-0.05, 0) is 34.9 Å². The maximum absolute atomic E-state index is 5.88. The lowest BCUT2D eigenvalue weighted by atomic mass is 9.50. The molecule has 0 saturated heterocycles. The normalized spacial score (nSPS) is 12.5. The molecule has 39 heavy (non-hydrogen) atoms. The van der Waals surface area contributed by atoms with E-state index in [1.165, 1.54) is 12.4 Å². The van der Waals surface area contributed by atoms with Crippen LogP contribution in [-0.2, 0) is 9.47 Å². The molecule has 7 nitrogen and oxygen atoms in total. The smallest absolute Gasteiger partial charge is 0.163 e. The molecule has 0 amide bonds. The van der Waals surface area contributed by atoms with Crippen molar-refractivity contribution in [1.29, 1.82) is 0 Å². The number of rotatable bonds is 12. The molecule has 0 aliphatic carbocycles. The summed E-state index contributed by atoms with van der Waals surface area (Å²) in [4.78, 5) is 8.60. The number of hydrogen-bond acceptors (Lipinski definition) is 7. The molecule has 0 aliphatic heterocycles. The van der Waals surface area contributed by atoms with Gasteiger partial charge >= 0.3 is 0 Å². The fraction of sp³-hybridized carbons (Fsp3) is 0.273. The average molecular weight is 491 g/mol. The van der Waals surface area contributed by atoms with E-state index in [2.05, 4.69) is 21.2 Å². The predicted molar refractivity (Wildman–Crippen MR) is 159 cm³/mol. The van der Waals surface area contributed by atoms with Crippen LogP contribution in [0, 0.1) is 12.3 Å². The molecular formula is C22H13B10N3O4. The van der Waals surface area contributed by atoms with Crippen LogP contribution in [0.25, 0.3) is 10.9 Å². The molecule has 1 aromatic heterocycles. The molecule has 0 saturated carbocycles. The second-order valence-electron chi connectivity index (χ2n) is 8.79. The van der Waals surface area contributed by atoms with E-state index in [0.29, 0.717) is 28.0 Å². The Morgan fingerprint density at radius 1 is 0.769 bits per heavy atom. The second kappa shape index (κ2) is 11.8. The summed E-state index contributed by atoms with van der Waals surface area (Å²) in [5, 5.41) is -4.59. The molecular weight excluding hydrogens is 478 g/mol. The van der Waals surface area contributed by atoms with Gasteiger partial charge in [-0.1, -0.05) is 12.0 Å². The van der Waals surface area contributed by atoms with Gasteiger partial charge in [0.2, 0.25) is 0 Å². The van der Waals surface area contributed by atoms with Crippen LogP contribution in [0.5, 0.6) is 11.5 Å². The van der Waals surface area contributed by atoms with E-state index < -0.39 is 34.6 Å². The Bertz CT molecular complexity index is 1360. The van der Waals surface area contributed by atoms with Crippen LogP contribution >= 0.6 is 0 Å². The van der Waals surface area contributed by atoms with Gasteiger partial charge in [0.25, 0.3) is 0 Å². The number of fused-ring (bicyclic) bond motifs is 1. The SMILES string of the molecule is [B]C([B])([B])OC([B])([B])COc1cc2ncnc(Nc3cccc(C#C)c3)c2cc1OCC([B])([B])OC([B])([B])[B]. The summed E-state index contributed by atoms with van der Waals surface area (Å²) < 4.78 is 21.6. The van der Waals surface area contributed by atoms with E-state index in [1.54, 1.807) is 24.3 Å². The van der Waals surface area contributed by atoms with Crippen molar-refractivity contribution in [3.05, 3.63) is 48.3 Å². The summed E-state index contributed by atoms with van der Waals surface area (Å²) >= 11 is 0. The first kappa shape index (κ1) is 30.8. The molecule has 0 unspecified atom stereocenters. The van der Waals surface area contributed by atoms with E-state index in [9.17, 15) is 0 Å². The number of nitrogens with one attached hydrogen (secondary N) is 1. The molecule has 0 fully saturated rings. The molecule has 0 bridgehead atoms. The van der Waals surface area contributed by atoms with E-state index in [1.807, 2.05) is 6.07 Å². The van der Waals surface area contributed by atoms with E-state index >= 15 is 0 Å². The van der Waals surface area contributed by atoms with Gasteiger partial charge in [-0.15, -0.1) is 6.42 Å². The van der Waals surface area contributed by atoms with Crippen LogP contribution in [0.15, 0.2) is 42.7 Å². The Hall–Kier alpha value is -2.69. The number of aromatic nitrogens is 2. The van der Waals surface area contributed by atoms with Crippen molar-refractivity contribution < 1.29 is 18.9 Å². The second-order valence-corrected chi connectivity index (χ2v) is 8.79. The van der Waals surface area contributed by atoms with Crippen LogP contribution in [0.2, 0.25) is 0 Å². The van der Waals surface area contributed by atoms with Crippen LogP contribution < -0.4 is 14.8 Å². The average Bonchev–Trinajstić information content (AvgIpc) is 2.78. The number of anilines is 2. The zero-order chi connectivity index (χ0) is 29.1. The van der Waals surface area contributed by atoms with Crippen molar-refractivity contribution in [2.45, 2.75) is 21.4 Å². The lowest BCUT2D eigenvalue weighted by Crippen LogP contribution is -2.51. The number of terminal acetylenes is 1. The Morgan fingerprint density at radius 3 is 1.87 bits per heavy atom. The molecule has 0 aliphatic rings. The van der Waals surface area contributed by atoms with Gasteiger partial charge in [0.05, 0.1) is 52.6 Å². The van der Waals surface area contributed by atoms with Gasteiger partial charge < -0.3 is 24.3 Å². The zero-order valence-electron chi connectivity index (χ0n) is 20.8. The van der Waals surface area contributed by atoms with Gasteiger partial charge in [-0.25, -0.2) is 9.97 Å². The molecule has 1 N–H and O–H groups in total. The summed E-state index contributed by atoms with van der Waals surface area (Å²) in [6.07, 6.45) is 6.84. The predicted octanol–water partition coefficient (Wildman–Crippen LogP) is -1.64. The van der Waals surface area contributed by atoms with Gasteiger partial charge in [-0.3, -0.25) is 0 Å². The van der Waals surface area contributed by atoms with Gasteiger partial charge in [-0.2, -0.15) is 0 Å². The van der Waals surface area contributed by atoms with Crippen molar-refractivity contribution in [2.75, 3.05) is 18.5 Å². The first-order chi connectivity index (χ1) is 18.0. The number of benzene rings is 2. The Kier molecular flexibility index (Phi) is 9.35. The van der Waals surface area contributed by atoms with Crippen molar-refractivity contribution >= 4 is 101 Å². The molecule has 0 atom stereocenters. The van der Waals surface area contributed by atoms with Crippen LogP contribution in [0.4, 0.5) is 11.5 Å². The fourth-order valence-electron chi connectivity index (χ4n) is 3.31. The highest BCUT2D eigenvalue weighted by atomic mass is 16.6. The fourth-order valence-corrected chi connectivity index (χ4v) is 3.31. The van der Waals surface area contributed by atoms with Crippen molar-refractivity contribution in [3.8, 4) is 23.8 Å². The highest BCUT2D eigenvalue weighted by Crippen LogP contribution is 2.36. The van der Waals surface area contributed by atoms with E-state index in [4.69, 9.17) is 104 Å². The molecule has 170 valence electrons. The maximum atomic E-state index is 5.88. The number of ether oxygens (including phenoxy) is 4. The maximum Gasteiger partial charge on any atom is 0.163 e. The third-order valence-corrected chi connectivity index (χ3v) is 4.63. The zero-order valence-corrected chi connectivity index (χ0v) is 20.8. The van der Waals surface area contributed by atoms with Crippen LogP contribution in [0.1, 0.15) is 5.56 Å². The third-order valence-electron chi connectivity index (χ3n) is 4.63. The Balaban J connectivity index is 1.99. The summed E-state index contributed by atoms with van der Waals surface area (Å²) in [6.45, 7) is -0.977. The summed E-state index contributed by atoms with van der Waals surface area (Å²) in [5.41, 5.74) is 1.78. The van der Waals surface area contributed by atoms with Crippen LogP contribution in [0.3, 0.4) is 0 Å². The number of hydrogen-bond donors (Lipinski definition) is 1. The highest BCUT2D eigenvalue weighted by molar-refractivity contribution is 6.59. The Labute approximate surface area is 241 Å². The van der Waals surface area contributed by atoms with Crippen LogP contribution in [-0.4, -0.2) is 123 Å².